The van der Waals surface area contributed by atoms with Gasteiger partial charge in [-0.15, -0.1) is 5.54 Å². The molecule has 0 amide bonds. The highest BCUT2D eigenvalue weighted by molar-refractivity contribution is 6.83. The van der Waals surface area contributed by atoms with Gasteiger partial charge in [-0.25, -0.2) is 0 Å². The van der Waals surface area contributed by atoms with Gasteiger partial charge in [0, 0.05) is 17.5 Å². The Morgan fingerprint density at radius 3 is 2.31 bits per heavy atom. The Morgan fingerprint density at radius 2 is 1.54 bits per heavy atom. The first-order chi connectivity index (χ1) is 12.5. The van der Waals surface area contributed by atoms with Gasteiger partial charge in [0.15, 0.2) is 0 Å². The van der Waals surface area contributed by atoms with E-state index in [1.807, 2.05) is 12.1 Å². The van der Waals surface area contributed by atoms with Crippen LogP contribution in [0.15, 0.2) is 66.7 Å². The van der Waals surface area contributed by atoms with Crippen molar-refractivity contribution in [3.8, 4) is 34.1 Å². The minimum absolute atomic E-state index is 0.902. The zero-order valence-corrected chi connectivity index (χ0v) is 16.5. The van der Waals surface area contributed by atoms with Crippen LogP contribution < -0.4 is 4.74 Å². The molecule has 128 valence electrons. The normalized spacial score (nSPS) is 12.3. The van der Waals surface area contributed by atoms with Gasteiger partial charge in [-0.05, 0) is 41.0 Å². The quantitative estimate of drug-likeness (QED) is 0.289. The summed E-state index contributed by atoms with van der Waals surface area (Å²) in [6.45, 7) is 6.80. The van der Waals surface area contributed by atoms with Gasteiger partial charge in [-0.2, -0.15) is 0 Å². The highest BCUT2D eigenvalue weighted by Gasteiger charge is 2.19. The second-order valence-corrected chi connectivity index (χ2v) is 12.5. The summed E-state index contributed by atoms with van der Waals surface area (Å²) in [5.74, 6) is 5.25. The first-order valence-electron chi connectivity index (χ1n) is 9.01. The maximum absolute atomic E-state index is 6.12. The van der Waals surface area contributed by atoms with Crippen LogP contribution in [0.2, 0.25) is 19.6 Å². The monoisotopic (exact) mass is 354 g/mol. The van der Waals surface area contributed by atoms with E-state index in [2.05, 4.69) is 85.7 Å². The highest BCUT2D eigenvalue weighted by atomic mass is 28.3. The lowest BCUT2D eigenvalue weighted by molar-refractivity contribution is 0.460. The lowest BCUT2D eigenvalue weighted by Gasteiger charge is -2.22. The fourth-order valence-electron chi connectivity index (χ4n) is 3.17. The van der Waals surface area contributed by atoms with Crippen molar-refractivity contribution >= 4 is 8.07 Å². The number of rotatable bonds is 1. The summed E-state index contributed by atoms with van der Waals surface area (Å²) < 4.78 is 6.12. The van der Waals surface area contributed by atoms with Crippen LogP contribution in [0.5, 0.6) is 11.5 Å². The van der Waals surface area contributed by atoms with Crippen molar-refractivity contribution in [1.29, 1.82) is 0 Å². The lowest BCUT2D eigenvalue weighted by atomic mass is 9.92. The molecular weight excluding hydrogens is 332 g/mol. The predicted molar refractivity (Wildman–Crippen MR) is 111 cm³/mol. The molecule has 0 fully saturated rings. The van der Waals surface area contributed by atoms with Crippen molar-refractivity contribution in [3.63, 3.8) is 0 Å². The third-order valence-corrected chi connectivity index (χ3v) is 5.35. The molecule has 2 heteroatoms. The van der Waals surface area contributed by atoms with E-state index in [1.54, 1.807) is 0 Å². The molecule has 3 aromatic carbocycles. The van der Waals surface area contributed by atoms with Crippen molar-refractivity contribution in [2.75, 3.05) is 0 Å². The fraction of sp³-hybridized carbons (Fsp3) is 0.167. The number of hydrogen-bond donors (Lipinski definition) is 0. The summed E-state index contributed by atoms with van der Waals surface area (Å²) in [6.07, 6.45) is 0.902. The molecule has 1 aliphatic heterocycles. The van der Waals surface area contributed by atoms with E-state index in [0.717, 1.165) is 23.5 Å². The molecule has 3 aromatic rings. The van der Waals surface area contributed by atoms with Gasteiger partial charge in [-0.1, -0.05) is 68.0 Å². The molecule has 0 spiro atoms. The van der Waals surface area contributed by atoms with Crippen molar-refractivity contribution in [3.05, 3.63) is 83.4 Å². The van der Waals surface area contributed by atoms with E-state index < -0.39 is 8.07 Å². The molecule has 0 aromatic heterocycles. The Hall–Kier alpha value is -2.76. The van der Waals surface area contributed by atoms with Crippen LogP contribution in [-0.4, -0.2) is 8.07 Å². The van der Waals surface area contributed by atoms with Crippen LogP contribution in [0.4, 0.5) is 0 Å². The standard InChI is InChI=1S/C24H22OSi/c1-26(2,3)16-15-18-11-13-19(14-12-18)21-8-6-10-24-22(21)17-20-7-4-5-9-23(20)25-24/h4-14H,17H2,1-3H3. The Kier molecular flexibility index (Phi) is 4.18. The second kappa shape index (κ2) is 6.51. The van der Waals surface area contributed by atoms with E-state index >= 15 is 0 Å². The van der Waals surface area contributed by atoms with Crippen LogP contribution in [0.25, 0.3) is 11.1 Å². The Bertz CT molecular complexity index is 1010. The first-order valence-corrected chi connectivity index (χ1v) is 12.5. The molecule has 4 rings (SSSR count). The van der Waals surface area contributed by atoms with Gasteiger partial charge < -0.3 is 4.74 Å². The summed E-state index contributed by atoms with van der Waals surface area (Å²) in [4.78, 5) is 0. The zero-order valence-electron chi connectivity index (χ0n) is 15.5. The lowest BCUT2D eigenvalue weighted by Crippen LogP contribution is -2.16. The molecule has 0 aliphatic carbocycles. The molecule has 26 heavy (non-hydrogen) atoms. The minimum atomic E-state index is -1.35. The summed E-state index contributed by atoms with van der Waals surface area (Å²) >= 11 is 0. The maximum atomic E-state index is 6.12. The van der Waals surface area contributed by atoms with Crippen LogP contribution in [0.3, 0.4) is 0 Å². The first kappa shape index (κ1) is 16.7. The molecule has 0 saturated carbocycles. The van der Waals surface area contributed by atoms with Crippen molar-refractivity contribution in [2.45, 2.75) is 26.1 Å². The highest BCUT2D eigenvalue weighted by Crippen LogP contribution is 2.41. The van der Waals surface area contributed by atoms with Crippen LogP contribution in [0.1, 0.15) is 16.7 Å². The van der Waals surface area contributed by atoms with Crippen LogP contribution in [-0.2, 0) is 6.42 Å². The molecule has 0 atom stereocenters. The number of hydrogen-bond acceptors (Lipinski definition) is 1. The summed E-state index contributed by atoms with van der Waals surface area (Å²) in [7, 11) is -1.35. The van der Waals surface area contributed by atoms with Crippen LogP contribution in [0, 0.1) is 11.5 Å². The molecule has 1 heterocycles. The van der Waals surface area contributed by atoms with Crippen molar-refractivity contribution in [1.82, 2.24) is 0 Å². The van der Waals surface area contributed by atoms with Crippen molar-refractivity contribution in [2.24, 2.45) is 0 Å². The molecule has 1 aliphatic rings. The molecular formula is C24H22OSi. The molecule has 0 N–H and O–H groups in total. The van der Waals surface area contributed by atoms with Gasteiger partial charge in [0.05, 0.1) is 0 Å². The number of fused-ring (bicyclic) bond motifs is 2. The molecule has 0 saturated heterocycles. The minimum Gasteiger partial charge on any atom is -0.457 e. The Labute approximate surface area is 156 Å². The number of ether oxygens (including phenoxy) is 1. The van der Waals surface area contributed by atoms with E-state index in [0.29, 0.717) is 0 Å². The number of benzene rings is 3. The largest absolute Gasteiger partial charge is 0.457 e. The van der Waals surface area contributed by atoms with Crippen molar-refractivity contribution < 1.29 is 4.74 Å². The fourth-order valence-corrected chi connectivity index (χ4v) is 3.68. The van der Waals surface area contributed by atoms with Gasteiger partial charge >= 0.3 is 0 Å². The van der Waals surface area contributed by atoms with Gasteiger partial charge in [0.25, 0.3) is 0 Å². The molecule has 0 radical (unpaired) electrons. The zero-order chi connectivity index (χ0) is 18.1. The topological polar surface area (TPSA) is 9.23 Å². The third-order valence-electron chi connectivity index (χ3n) is 4.47. The Balaban J connectivity index is 1.69. The smallest absolute Gasteiger partial charge is 0.131 e. The SMILES string of the molecule is C[Si](C)(C)C#Cc1ccc(-c2cccc3c2Cc2ccccc2O3)cc1. The molecule has 1 nitrogen and oxygen atoms in total. The molecule has 0 bridgehead atoms. The summed E-state index contributed by atoms with van der Waals surface area (Å²) in [5.41, 5.74) is 9.46. The van der Waals surface area contributed by atoms with Gasteiger partial charge in [-0.3, -0.25) is 0 Å². The second-order valence-electron chi connectivity index (χ2n) is 7.75. The average Bonchev–Trinajstić information content (AvgIpc) is 2.64. The Morgan fingerprint density at radius 1 is 0.808 bits per heavy atom. The van der Waals surface area contributed by atoms with E-state index in [4.69, 9.17) is 4.74 Å². The predicted octanol–water partition coefficient (Wildman–Crippen LogP) is 6.28. The maximum Gasteiger partial charge on any atom is 0.131 e. The van der Waals surface area contributed by atoms with Gasteiger partial charge in [0.2, 0.25) is 0 Å². The number of para-hydroxylation sites is 1. The van der Waals surface area contributed by atoms with Crippen LogP contribution >= 0.6 is 0 Å². The van der Waals surface area contributed by atoms with Gasteiger partial charge in [0.1, 0.15) is 19.6 Å². The summed E-state index contributed by atoms with van der Waals surface area (Å²) in [5, 5.41) is 0. The molecule has 0 unspecified atom stereocenters. The van der Waals surface area contributed by atoms with E-state index in [1.165, 1.54) is 22.3 Å². The van der Waals surface area contributed by atoms with E-state index in [-0.39, 0.29) is 0 Å². The van der Waals surface area contributed by atoms with E-state index in [9.17, 15) is 0 Å². The average molecular weight is 355 g/mol. The third kappa shape index (κ3) is 3.45. The summed E-state index contributed by atoms with van der Waals surface area (Å²) in [6, 6.07) is 23.2.